The minimum atomic E-state index is 0.431. The first-order valence-corrected chi connectivity index (χ1v) is 5.41. The van der Waals surface area contributed by atoms with Gasteiger partial charge in [0.1, 0.15) is 0 Å². The van der Waals surface area contributed by atoms with Crippen molar-refractivity contribution in [2.75, 3.05) is 0 Å². The highest BCUT2D eigenvalue weighted by Gasteiger charge is 2.56. The summed E-state index contributed by atoms with van der Waals surface area (Å²) in [6.45, 7) is 0. The number of hydrogen-bond acceptors (Lipinski definition) is 0. The van der Waals surface area contributed by atoms with Crippen molar-refractivity contribution in [3.05, 3.63) is 11.1 Å². The molecule has 0 saturated heterocycles. The number of fused-ring (bicyclic) bond motifs is 1. The molecule has 4 radical (unpaired) electrons. The van der Waals surface area contributed by atoms with E-state index in [2.05, 4.69) is 0 Å². The molecule has 3 atom stereocenters. The summed E-state index contributed by atoms with van der Waals surface area (Å²) in [5, 5.41) is 0. The molecular weight excluding hydrogens is 154 g/mol. The standard InChI is InChI=1S/C11H14B2/c12-5-9-2-7-1-8-4-11(3-7,6-13)10(8)9/h7-8H,1-6H2. The molecule has 0 aliphatic heterocycles. The quantitative estimate of drug-likeness (QED) is 0.438. The molecule has 0 heterocycles. The van der Waals surface area contributed by atoms with Gasteiger partial charge in [-0.1, -0.05) is 23.8 Å². The van der Waals surface area contributed by atoms with E-state index >= 15 is 0 Å². The van der Waals surface area contributed by atoms with Gasteiger partial charge in [-0.15, -0.1) is 0 Å². The number of allylic oxidation sites excluding steroid dienone is 2. The van der Waals surface area contributed by atoms with Crippen LogP contribution >= 0.6 is 0 Å². The Morgan fingerprint density at radius 2 is 2.15 bits per heavy atom. The minimum Gasteiger partial charge on any atom is -0.0794 e. The maximum Gasteiger partial charge on any atom is 0.0712 e. The zero-order valence-corrected chi connectivity index (χ0v) is 8.05. The van der Waals surface area contributed by atoms with Gasteiger partial charge in [-0.2, -0.15) is 0 Å². The highest BCUT2D eigenvalue weighted by Crippen LogP contribution is 2.68. The fourth-order valence-corrected chi connectivity index (χ4v) is 4.17. The van der Waals surface area contributed by atoms with Crippen molar-refractivity contribution in [1.82, 2.24) is 0 Å². The lowest BCUT2D eigenvalue weighted by atomic mass is 9.40. The van der Waals surface area contributed by atoms with Gasteiger partial charge in [0.05, 0.1) is 15.7 Å². The van der Waals surface area contributed by atoms with Crippen LogP contribution in [0.2, 0.25) is 12.6 Å². The average Bonchev–Trinajstić information content (AvgIpc) is 2.16. The SMILES string of the molecule is [B]CC1=C2C3CC(C1)CC2(C[B])C3. The van der Waals surface area contributed by atoms with Crippen LogP contribution in [0.3, 0.4) is 0 Å². The number of rotatable bonds is 2. The Morgan fingerprint density at radius 3 is 2.77 bits per heavy atom. The molecule has 4 bridgehead atoms. The van der Waals surface area contributed by atoms with Crippen LogP contribution in [-0.4, -0.2) is 15.7 Å². The van der Waals surface area contributed by atoms with E-state index in [0.717, 1.165) is 24.5 Å². The van der Waals surface area contributed by atoms with E-state index in [-0.39, 0.29) is 0 Å². The van der Waals surface area contributed by atoms with Crippen LogP contribution < -0.4 is 0 Å². The fraction of sp³-hybridized carbons (Fsp3) is 0.818. The highest BCUT2D eigenvalue weighted by molar-refractivity contribution is 6.11. The zero-order chi connectivity index (χ0) is 9.05. The highest BCUT2D eigenvalue weighted by atomic mass is 14.6. The molecule has 3 fully saturated rings. The third kappa shape index (κ3) is 0.851. The van der Waals surface area contributed by atoms with Crippen molar-refractivity contribution in [3.8, 4) is 0 Å². The molecule has 0 nitrogen and oxygen atoms in total. The van der Waals surface area contributed by atoms with Gasteiger partial charge in [-0.05, 0) is 42.9 Å². The summed E-state index contributed by atoms with van der Waals surface area (Å²) in [6.07, 6.45) is 7.07. The Hall–Kier alpha value is -0.130. The molecular formula is C11H14B2. The second kappa shape index (κ2) is 2.46. The molecule has 0 aromatic rings. The predicted octanol–water partition coefficient (Wildman–Crippen LogP) is 2.28. The van der Waals surface area contributed by atoms with Crippen molar-refractivity contribution >= 4 is 15.7 Å². The Balaban J connectivity index is 2.05. The first kappa shape index (κ1) is 8.20. The molecule has 13 heavy (non-hydrogen) atoms. The third-order valence-electron chi connectivity index (χ3n) is 4.47. The van der Waals surface area contributed by atoms with E-state index in [1.807, 2.05) is 0 Å². The van der Waals surface area contributed by atoms with Crippen molar-refractivity contribution in [1.29, 1.82) is 0 Å². The summed E-state index contributed by atoms with van der Waals surface area (Å²) >= 11 is 0. The summed E-state index contributed by atoms with van der Waals surface area (Å²) < 4.78 is 0. The second-order valence-corrected chi connectivity index (χ2v) is 5.12. The van der Waals surface area contributed by atoms with Crippen LogP contribution in [0.1, 0.15) is 25.7 Å². The van der Waals surface area contributed by atoms with E-state index in [9.17, 15) is 0 Å². The predicted molar refractivity (Wildman–Crippen MR) is 56.0 cm³/mol. The molecule has 5 aliphatic carbocycles. The second-order valence-electron chi connectivity index (χ2n) is 5.12. The largest absolute Gasteiger partial charge is 0.0794 e. The Labute approximate surface area is 83.0 Å². The van der Waals surface area contributed by atoms with Gasteiger partial charge in [0.25, 0.3) is 0 Å². The summed E-state index contributed by atoms with van der Waals surface area (Å²) in [5.74, 6) is 1.80. The first-order valence-electron chi connectivity index (χ1n) is 5.41. The molecule has 0 N–H and O–H groups in total. The maximum absolute atomic E-state index is 5.90. The lowest BCUT2D eigenvalue weighted by Gasteiger charge is -2.62. The molecule has 64 valence electrons. The van der Waals surface area contributed by atoms with E-state index in [0.29, 0.717) is 5.41 Å². The molecule has 2 heteroatoms. The Bertz CT molecular complexity index is 282. The molecule has 5 rings (SSSR count). The van der Waals surface area contributed by atoms with Crippen LogP contribution in [0.5, 0.6) is 0 Å². The smallest absolute Gasteiger partial charge is 0.0712 e. The summed E-state index contributed by atoms with van der Waals surface area (Å²) in [5.41, 5.74) is 3.68. The molecule has 5 aliphatic rings. The van der Waals surface area contributed by atoms with E-state index in [1.54, 1.807) is 11.1 Å². The monoisotopic (exact) mass is 168 g/mol. The molecule has 3 unspecified atom stereocenters. The van der Waals surface area contributed by atoms with Crippen molar-refractivity contribution < 1.29 is 0 Å². The van der Waals surface area contributed by atoms with Crippen LogP contribution in [0.25, 0.3) is 0 Å². The van der Waals surface area contributed by atoms with Gasteiger partial charge in [-0.25, -0.2) is 0 Å². The first-order chi connectivity index (χ1) is 6.29. The van der Waals surface area contributed by atoms with Crippen LogP contribution in [0.15, 0.2) is 11.1 Å². The average molecular weight is 168 g/mol. The number of hydrogen-bond donors (Lipinski definition) is 0. The van der Waals surface area contributed by atoms with E-state index in [1.165, 1.54) is 25.7 Å². The topological polar surface area (TPSA) is 0 Å². The maximum atomic E-state index is 5.90. The van der Waals surface area contributed by atoms with Gasteiger partial charge in [-0.3, -0.25) is 0 Å². The van der Waals surface area contributed by atoms with Gasteiger partial charge < -0.3 is 0 Å². The van der Waals surface area contributed by atoms with Crippen LogP contribution in [-0.2, 0) is 0 Å². The summed E-state index contributed by atoms with van der Waals surface area (Å²) in [6, 6.07) is 0. The van der Waals surface area contributed by atoms with Crippen molar-refractivity contribution in [2.45, 2.75) is 38.3 Å². The molecule has 0 spiro atoms. The van der Waals surface area contributed by atoms with Crippen molar-refractivity contribution in [2.24, 2.45) is 17.3 Å². The lowest BCUT2D eigenvalue weighted by Crippen LogP contribution is -2.51. The minimum absolute atomic E-state index is 0.431. The van der Waals surface area contributed by atoms with E-state index < -0.39 is 0 Å². The Morgan fingerprint density at radius 1 is 1.31 bits per heavy atom. The fourth-order valence-electron chi connectivity index (χ4n) is 4.17. The Kier molecular flexibility index (Phi) is 1.55. The van der Waals surface area contributed by atoms with Gasteiger partial charge >= 0.3 is 0 Å². The molecule has 0 aromatic carbocycles. The van der Waals surface area contributed by atoms with Gasteiger partial charge in [0, 0.05) is 0 Å². The summed E-state index contributed by atoms with van der Waals surface area (Å²) in [4.78, 5) is 0. The van der Waals surface area contributed by atoms with Crippen molar-refractivity contribution in [3.63, 3.8) is 0 Å². The van der Waals surface area contributed by atoms with Gasteiger partial charge in [0.15, 0.2) is 0 Å². The normalized spacial score (nSPS) is 46.5. The van der Waals surface area contributed by atoms with E-state index in [4.69, 9.17) is 15.7 Å². The van der Waals surface area contributed by atoms with Gasteiger partial charge in [0.2, 0.25) is 0 Å². The lowest BCUT2D eigenvalue weighted by molar-refractivity contribution is 0.0396. The third-order valence-corrected chi connectivity index (χ3v) is 4.47. The summed E-state index contributed by atoms with van der Waals surface area (Å²) in [7, 11) is 11.7. The molecule has 0 amide bonds. The van der Waals surface area contributed by atoms with Crippen LogP contribution in [0.4, 0.5) is 0 Å². The van der Waals surface area contributed by atoms with Crippen LogP contribution in [0, 0.1) is 17.3 Å². The molecule has 3 saturated carbocycles. The zero-order valence-electron chi connectivity index (χ0n) is 8.05. The molecule has 0 aromatic heterocycles.